The van der Waals surface area contributed by atoms with E-state index in [9.17, 15) is 0 Å². The lowest BCUT2D eigenvalue weighted by Crippen LogP contribution is -2.10. The first-order chi connectivity index (χ1) is 18.0. The van der Waals surface area contributed by atoms with Gasteiger partial charge < -0.3 is 4.90 Å². The molecule has 0 bridgehead atoms. The lowest BCUT2D eigenvalue weighted by atomic mass is 9.99. The molecule has 5 aromatic rings. The van der Waals surface area contributed by atoms with Crippen molar-refractivity contribution >= 4 is 45.9 Å². The maximum Gasteiger partial charge on any atom is 0.133 e. The number of aryl methyl sites for hydroxylation is 2. The van der Waals surface area contributed by atoms with Crippen molar-refractivity contribution in [3.05, 3.63) is 107 Å². The summed E-state index contributed by atoms with van der Waals surface area (Å²) in [7, 11) is 0. The van der Waals surface area contributed by atoms with Crippen molar-refractivity contribution < 1.29 is 4.39 Å². The van der Waals surface area contributed by atoms with Gasteiger partial charge in [0.2, 0.25) is 0 Å². The average molecular weight is 502 g/mol. The molecule has 0 saturated carbocycles. The summed E-state index contributed by atoms with van der Waals surface area (Å²) in [5.41, 5.74) is 7.41. The molecular weight excluding hydrogens is 481 g/mol. The first-order valence-electron chi connectivity index (χ1n) is 11.5. The first-order valence-corrected chi connectivity index (χ1v) is 12.2. The van der Waals surface area contributed by atoms with Crippen molar-refractivity contribution in [2.45, 2.75) is 13.8 Å². The van der Waals surface area contributed by atoms with Crippen molar-refractivity contribution in [3.63, 3.8) is 0 Å². The van der Waals surface area contributed by atoms with Gasteiger partial charge in [-0.3, -0.25) is 0 Å². The molecule has 0 aliphatic carbocycles. The summed E-state index contributed by atoms with van der Waals surface area (Å²) in [5, 5.41) is 18.2. The zero-order chi connectivity index (χ0) is 25.9. The van der Waals surface area contributed by atoms with Gasteiger partial charge in [0.15, 0.2) is 0 Å². The Labute approximate surface area is 218 Å². The minimum absolute atomic E-state index is 0.0371. The fourth-order valence-corrected chi connectivity index (χ4v) is 4.74. The van der Waals surface area contributed by atoms with Gasteiger partial charge in [0.1, 0.15) is 34.6 Å². The van der Waals surface area contributed by atoms with Gasteiger partial charge in [0, 0.05) is 33.8 Å². The van der Waals surface area contributed by atoms with E-state index in [0.29, 0.717) is 33.4 Å². The Hall–Kier alpha value is -4.85. The lowest BCUT2D eigenvalue weighted by Gasteiger charge is -2.26. The third-order valence-electron chi connectivity index (χ3n) is 6.07. The summed E-state index contributed by atoms with van der Waals surface area (Å²) in [5.74, 6) is -0.394. The second-order valence-electron chi connectivity index (χ2n) is 8.62. The highest BCUT2D eigenvalue weighted by Gasteiger charge is 2.18. The van der Waals surface area contributed by atoms with Gasteiger partial charge in [-0.2, -0.15) is 19.3 Å². The average Bonchev–Trinajstić information content (AvgIpc) is 3.41. The largest absolute Gasteiger partial charge is 0.310 e. The van der Waals surface area contributed by atoms with E-state index < -0.39 is 5.82 Å². The topological polar surface area (TPSA) is 76.6 Å². The molecule has 5 rings (SSSR count). The number of aromatic nitrogens is 2. The Morgan fingerprint density at radius 1 is 0.757 bits per heavy atom. The molecule has 0 saturated heterocycles. The van der Waals surface area contributed by atoms with Gasteiger partial charge >= 0.3 is 0 Å². The van der Waals surface area contributed by atoms with Crippen molar-refractivity contribution in [3.8, 4) is 23.3 Å². The number of halogens is 1. The molecule has 1 heterocycles. The zero-order valence-corrected chi connectivity index (χ0v) is 20.9. The predicted octanol–water partition coefficient (Wildman–Crippen LogP) is 8.01. The van der Waals surface area contributed by atoms with Gasteiger partial charge in [-0.15, -0.1) is 0 Å². The molecule has 0 N–H and O–H groups in total. The summed E-state index contributed by atoms with van der Waals surface area (Å²) in [6.45, 7) is 4.07. The van der Waals surface area contributed by atoms with Crippen molar-refractivity contribution in [2.75, 3.05) is 4.90 Å². The minimum Gasteiger partial charge on any atom is -0.310 e. The number of fused-ring (bicyclic) bond motifs is 1. The third kappa shape index (κ3) is 4.69. The van der Waals surface area contributed by atoms with Crippen molar-refractivity contribution in [1.82, 2.24) is 8.75 Å². The first kappa shape index (κ1) is 23.9. The highest BCUT2D eigenvalue weighted by molar-refractivity contribution is 7.00. The quantitative estimate of drug-likeness (QED) is 0.228. The lowest BCUT2D eigenvalue weighted by molar-refractivity contribution is 0.631. The van der Waals surface area contributed by atoms with Crippen LogP contribution < -0.4 is 4.90 Å². The van der Waals surface area contributed by atoms with Crippen LogP contribution in [0.4, 0.5) is 21.5 Å². The molecule has 0 aliphatic rings. The molecule has 0 atom stereocenters. The molecule has 0 aliphatic heterocycles. The van der Waals surface area contributed by atoms with E-state index >= 15 is 4.39 Å². The zero-order valence-electron chi connectivity index (χ0n) is 20.1. The standard InChI is InChI=1S/C30H20FN5S/c1-19-3-8-23(9-4-19)36(24-10-5-20(2)6-11-24)25-12-14-26(28(31)16-25)27-13-7-22(15-21(17-32)18-33)29-30(27)35-37-34-29/h3-16H,1-2H3. The molecule has 0 fully saturated rings. The Balaban J connectivity index is 1.61. The van der Waals surface area contributed by atoms with Gasteiger partial charge in [-0.1, -0.05) is 47.5 Å². The molecule has 0 amide bonds. The van der Waals surface area contributed by atoms with E-state index in [1.54, 1.807) is 18.2 Å². The van der Waals surface area contributed by atoms with Crippen LogP contribution in [0.15, 0.2) is 84.4 Å². The van der Waals surface area contributed by atoms with Crippen LogP contribution in [-0.2, 0) is 0 Å². The molecule has 0 radical (unpaired) electrons. The van der Waals surface area contributed by atoms with Crippen molar-refractivity contribution in [2.24, 2.45) is 0 Å². The minimum atomic E-state index is -0.394. The van der Waals surface area contributed by atoms with Gasteiger partial charge in [0.25, 0.3) is 0 Å². The highest BCUT2D eigenvalue weighted by atomic mass is 32.1. The molecule has 37 heavy (non-hydrogen) atoms. The summed E-state index contributed by atoms with van der Waals surface area (Å²) < 4.78 is 24.5. The van der Waals surface area contributed by atoms with Crippen LogP contribution in [0, 0.1) is 42.3 Å². The third-order valence-corrected chi connectivity index (χ3v) is 6.60. The van der Waals surface area contributed by atoms with E-state index in [1.807, 2.05) is 85.5 Å². The molecule has 5 nitrogen and oxygen atoms in total. The highest BCUT2D eigenvalue weighted by Crippen LogP contribution is 2.38. The van der Waals surface area contributed by atoms with E-state index in [0.717, 1.165) is 34.2 Å². The van der Waals surface area contributed by atoms with E-state index in [1.165, 1.54) is 12.1 Å². The molecule has 0 unspecified atom stereocenters. The molecule has 4 aromatic carbocycles. The van der Waals surface area contributed by atoms with Crippen molar-refractivity contribution in [1.29, 1.82) is 10.5 Å². The van der Waals surface area contributed by atoms with E-state index in [-0.39, 0.29) is 5.57 Å². The second kappa shape index (κ2) is 10.0. The number of hydrogen-bond donors (Lipinski definition) is 0. The van der Waals surface area contributed by atoms with Gasteiger partial charge in [-0.05, 0) is 62.4 Å². The number of rotatable bonds is 5. The van der Waals surface area contributed by atoms with Crippen LogP contribution in [0.5, 0.6) is 0 Å². The molecule has 7 heteroatoms. The molecule has 0 spiro atoms. The summed E-state index contributed by atoms with van der Waals surface area (Å²) in [6, 6.07) is 28.6. The maximum atomic E-state index is 15.7. The Morgan fingerprint density at radius 2 is 1.30 bits per heavy atom. The SMILES string of the molecule is Cc1ccc(N(c2ccc(C)cc2)c2ccc(-c3ccc(C=C(C#N)C#N)c4nsnc34)c(F)c2)cc1. The van der Waals surface area contributed by atoms with E-state index in [2.05, 4.69) is 8.75 Å². The molecule has 1 aromatic heterocycles. The maximum absolute atomic E-state index is 15.7. The van der Waals surface area contributed by atoms with E-state index in [4.69, 9.17) is 10.5 Å². The van der Waals surface area contributed by atoms with Gasteiger partial charge in [0.05, 0.1) is 11.7 Å². The fraction of sp³-hybridized carbons (Fsp3) is 0.0667. The van der Waals surface area contributed by atoms with Crippen LogP contribution in [0.2, 0.25) is 0 Å². The number of anilines is 3. The Morgan fingerprint density at radius 3 is 1.86 bits per heavy atom. The normalized spacial score (nSPS) is 10.5. The molecular formula is C30H20FN5S. The number of allylic oxidation sites excluding steroid dienone is 1. The Kier molecular flexibility index (Phi) is 6.47. The van der Waals surface area contributed by atoms with Crippen LogP contribution >= 0.6 is 11.7 Å². The summed E-state index contributed by atoms with van der Waals surface area (Å²) in [6.07, 6.45) is 1.47. The predicted molar refractivity (Wildman–Crippen MR) is 146 cm³/mol. The van der Waals surface area contributed by atoms with Crippen LogP contribution in [0.3, 0.4) is 0 Å². The molecule has 178 valence electrons. The Bertz CT molecular complexity index is 1660. The van der Waals surface area contributed by atoms with Gasteiger partial charge in [-0.25, -0.2) is 4.39 Å². The smallest absolute Gasteiger partial charge is 0.133 e. The van der Waals surface area contributed by atoms with Crippen LogP contribution in [0.25, 0.3) is 28.2 Å². The second-order valence-corrected chi connectivity index (χ2v) is 9.14. The fourth-order valence-electron chi connectivity index (χ4n) is 4.16. The number of nitrogens with zero attached hydrogens (tertiary/aromatic N) is 5. The van der Waals surface area contributed by atoms with Crippen LogP contribution in [0.1, 0.15) is 16.7 Å². The van der Waals surface area contributed by atoms with Crippen LogP contribution in [-0.4, -0.2) is 8.75 Å². The summed E-state index contributed by atoms with van der Waals surface area (Å²) >= 11 is 1.00. The number of hydrogen-bond acceptors (Lipinski definition) is 6. The number of benzene rings is 4. The monoisotopic (exact) mass is 501 g/mol. The summed E-state index contributed by atoms with van der Waals surface area (Å²) in [4.78, 5) is 2.02. The number of nitriles is 2.